The highest BCUT2D eigenvalue weighted by atomic mass is 16.5. The van der Waals surface area contributed by atoms with Gasteiger partial charge in [-0.2, -0.15) is 0 Å². The molecule has 186 valence electrons. The van der Waals surface area contributed by atoms with Gasteiger partial charge in [-0.1, -0.05) is 48.5 Å². The van der Waals surface area contributed by atoms with E-state index in [0.717, 1.165) is 35.1 Å². The van der Waals surface area contributed by atoms with E-state index in [1.165, 1.54) is 4.90 Å². The summed E-state index contributed by atoms with van der Waals surface area (Å²) in [6, 6.07) is 15.1. The first kappa shape index (κ1) is 24.7. The van der Waals surface area contributed by atoms with Crippen molar-refractivity contribution in [2.75, 3.05) is 27.3 Å². The minimum atomic E-state index is -1.03. The molecule has 0 saturated heterocycles. The molecule has 0 radical (unpaired) electrons. The second-order valence-electron chi connectivity index (χ2n) is 9.29. The maximum absolute atomic E-state index is 13.1. The lowest BCUT2D eigenvalue weighted by molar-refractivity contribution is -0.138. The molecule has 1 fully saturated rings. The number of nitrogens with zero attached hydrogens (tertiary/aromatic N) is 1. The molecule has 8 heteroatoms. The van der Waals surface area contributed by atoms with Crippen LogP contribution in [0, 0.1) is 5.92 Å². The summed E-state index contributed by atoms with van der Waals surface area (Å²) in [4.78, 5) is 38.5. The number of carboxylic acids is 1. The van der Waals surface area contributed by atoms with Gasteiger partial charge in [0.15, 0.2) is 0 Å². The molecule has 0 spiro atoms. The highest BCUT2D eigenvalue weighted by molar-refractivity contribution is 5.86. The number of rotatable bonds is 11. The lowest BCUT2D eigenvalue weighted by Gasteiger charge is -2.27. The Morgan fingerprint density at radius 2 is 1.66 bits per heavy atom. The molecule has 2 aliphatic carbocycles. The van der Waals surface area contributed by atoms with Gasteiger partial charge >= 0.3 is 12.1 Å². The Balaban J connectivity index is 1.40. The molecule has 2 unspecified atom stereocenters. The van der Waals surface area contributed by atoms with Crippen molar-refractivity contribution in [1.29, 1.82) is 0 Å². The number of benzene rings is 2. The smallest absolute Gasteiger partial charge is 0.407 e. The Bertz CT molecular complexity index is 1040. The minimum absolute atomic E-state index is 0.0240. The summed E-state index contributed by atoms with van der Waals surface area (Å²) >= 11 is 0. The van der Waals surface area contributed by atoms with Gasteiger partial charge in [0.05, 0.1) is 6.10 Å². The molecular weight excluding hydrogens is 448 g/mol. The van der Waals surface area contributed by atoms with Crippen molar-refractivity contribution in [3.05, 3.63) is 59.7 Å². The normalized spacial score (nSPS) is 16.1. The van der Waals surface area contributed by atoms with E-state index in [9.17, 15) is 14.4 Å². The quantitative estimate of drug-likeness (QED) is 0.509. The van der Waals surface area contributed by atoms with E-state index in [0.29, 0.717) is 12.5 Å². The van der Waals surface area contributed by atoms with Crippen molar-refractivity contribution in [2.24, 2.45) is 5.92 Å². The van der Waals surface area contributed by atoms with Gasteiger partial charge in [0.25, 0.3) is 0 Å². The minimum Gasteiger partial charge on any atom is -0.481 e. The monoisotopic (exact) mass is 480 g/mol. The lowest BCUT2D eigenvalue weighted by Crippen LogP contribution is -2.49. The third kappa shape index (κ3) is 5.82. The van der Waals surface area contributed by atoms with E-state index >= 15 is 0 Å². The van der Waals surface area contributed by atoms with Crippen LogP contribution in [0.1, 0.15) is 42.7 Å². The summed E-state index contributed by atoms with van der Waals surface area (Å²) in [7, 11) is 3.27. The van der Waals surface area contributed by atoms with Gasteiger partial charge in [-0.25, -0.2) is 4.79 Å². The SMILES string of the molecule is COC(CN(C)C(=O)C(CCC(=O)O)NC(=O)OCC1c2ccccc2-c2ccccc21)C1CC1. The fourth-order valence-electron chi connectivity index (χ4n) is 4.82. The molecule has 2 aromatic rings. The van der Waals surface area contributed by atoms with Crippen LogP contribution in [-0.2, 0) is 19.1 Å². The fourth-order valence-corrected chi connectivity index (χ4v) is 4.82. The topological polar surface area (TPSA) is 105 Å². The van der Waals surface area contributed by atoms with Gasteiger partial charge in [0, 0.05) is 33.0 Å². The number of hydrogen-bond donors (Lipinski definition) is 2. The van der Waals surface area contributed by atoms with Gasteiger partial charge in [0.1, 0.15) is 12.6 Å². The number of hydrogen-bond acceptors (Lipinski definition) is 5. The summed E-state index contributed by atoms with van der Waals surface area (Å²) in [5.41, 5.74) is 4.42. The van der Waals surface area contributed by atoms with Crippen molar-refractivity contribution >= 4 is 18.0 Å². The first-order valence-electron chi connectivity index (χ1n) is 12.0. The zero-order valence-electron chi connectivity index (χ0n) is 20.1. The van der Waals surface area contributed by atoms with E-state index in [1.54, 1.807) is 14.2 Å². The Morgan fingerprint density at radius 1 is 1.06 bits per heavy atom. The Labute approximate surface area is 205 Å². The Hall–Kier alpha value is -3.39. The molecule has 1 saturated carbocycles. The first-order valence-corrected chi connectivity index (χ1v) is 12.0. The van der Waals surface area contributed by atoms with Crippen molar-refractivity contribution in [3.8, 4) is 11.1 Å². The van der Waals surface area contributed by atoms with Crippen LogP contribution in [0.15, 0.2) is 48.5 Å². The largest absolute Gasteiger partial charge is 0.481 e. The molecule has 0 aromatic heterocycles. The molecule has 0 heterocycles. The van der Waals surface area contributed by atoms with Crippen molar-refractivity contribution in [2.45, 2.75) is 43.7 Å². The van der Waals surface area contributed by atoms with Gasteiger partial charge in [-0.05, 0) is 47.4 Å². The van der Waals surface area contributed by atoms with Crippen molar-refractivity contribution in [3.63, 3.8) is 0 Å². The number of likely N-dealkylation sites (N-methyl/N-ethyl adjacent to an activating group) is 1. The maximum Gasteiger partial charge on any atom is 0.407 e. The van der Waals surface area contributed by atoms with E-state index < -0.39 is 18.1 Å². The zero-order chi connectivity index (χ0) is 24.9. The van der Waals surface area contributed by atoms with E-state index in [4.69, 9.17) is 14.6 Å². The number of alkyl carbamates (subject to hydrolysis) is 1. The summed E-state index contributed by atoms with van der Waals surface area (Å²) in [6.07, 6.45) is 1.06. The van der Waals surface area contributed by atoms with Crippen LogP contribution < -0.4 is 5.32 Å². The molecule has 8 nitrogen and oxygen atoms in total. The van der Waals surface area contributed by atoms with Gasteiger partial charge < -0.3 is 24.8 Å². The van der Waals surface area contributed by atoms with Crippen molar-refractivity contribution in [1.82, 2.24) is 10.2 Å². The predicted molar refractivity (Wildman–Crippen MR) is 130 cm³/mol. The number of amides is 2. The van der Waals surface area contributed by atoms with Crippen molar-refractivity contribution < 1.29 is 29.0 Å². The van der Waals surface area contributed by atoms with Crippen LogP contribution in [-0.4, -0.2) is 67.4 Å². The summed E-state index contributed by atoms with van der Waals surface area (Å²) in [6.45, 7) is 0.499. The Morgan fingerprint density at radius 3 is 2.20 bits per heavy atom. The third-order valence-electron chi connectivity index (χ3n) is 6.86. The number of nitrogens with one attached hydrogen (secondary N) is 1. The number of carbonyl (C=O) groups is 3. The zero-order valence-corrected chi connectivity index (χ0v) is 20.1. The van der Waals surface area contributed by atoms with Gasteiger partial charge in [0.2, 0.25) is 5.91 Å². The Kier molecular flexibility index (Phi) is 7.70. The van der Waals surface area contributed by atoms with E-state index in [-0.39, 0.29) is 37.4 Å². The fraction of sp³-hybridized carbons (Fsp3) is 0.444. The molecule has 0 bridgehead atoms. The number of methoxy groups -OCH3 is 1. The second-order valence-corrected chi connectivity index (χ2v) is 9.29. The number of aliphatic carboxylic acids is 1. The van der Waals surface area contributed by atoms with Gasteiger partial charge in [-0.15, -0.1) is 0 Å². The van der Waals surface area contributed by atoms with E-state index in [2.05, 4.69) is 17.4 Å². The lowest BCUT2D eigenvalue weighted by atomic mass is 9.98. The van der Waals surface area contributed by atoms with E-state index in [1.807, 2.05) is 36.4 Å². The summed E-state index contributed by atoms with van der Waals surface area (Å²) in [5, 5.41) is 11.7. The summed E-state index contributed by atoms with van der Waals surface area (Å²) in [5.74, 6) is -1.07. The molecule has 35 heavy (non-hydrogen) atoms. The van der Waals surface area contributed by atoms with Gasteiger partial charge in [-0.3, -0.25) is 9.59 Å². The number of carboxylic acid groups (broad SMARTS) is 1. The summed E-state index contributed by atoms with van der Waals surface area (Å²) < 4.78 is 11.1. The highest BCUT2D eigenvalue weighted by Crippen LogP contribution is 2.44. The average molecular weight is 481 g/mol. The number of ether oxygens (including phenoxy) is 2. The third-order valence-corrected chi connectivity index (χ3v) is 6.86. The second kappa shape index (κ2) is 10.9. The molecular formula is C27H32N2O6. The molecule has 4 rings (SSSR count). The molecule has 2 atom stereocenters. The standard InChI is InChI=1S/C27H32N2O6/c1-29(15-24(34-2)17-11-12-17)26(32)23(13-14-25(30)31)28-27(33)35-16-22-20-9-5-3-7-18(20)19-8-4-6-10-21(19)22/h3-10,17,22-24H,11-16H2,1-2H3,(H,28,33)(H,30,31). The van der Waals surface area contributed by atoms with Crippen LogP contribution in [0.4, 0.5) is 4.79 Å². The average Bonchev–Trinajstić information content (AvgIpc) is 3.65. The number of fused-ring (bicyclic) bond motifs is 3. The maximum atomic E-state index is 13.1. The highest BCUT2D eigenvalue weighted by Gasteiger charge is 2.35. The van der Waals surface area contributed by atoms with Crippen LogP contribution in [0.2, 0.25) is 0 Å². The predicted octanol–water partition coefficient (Wildman–Crippen LogP) is 3.64. The molecule has 2 aliphatic rings. The number of carbonyl (C=O) groups excluding carboxylic acids is 2. The van der Waals surface area contributed by atoms with Crippen LogP contribution in [0.3, 0.4) is 0 Å². The van der Waals surface area contributed by atoms with Crippen LogP contribution in [0.5, 0.6) is 0 Å². The molecule has 2 aromatic carbocycles. The molecule has 2 N–H and O–H groups in total. The van der Waals surface area contributed by atoms with Crippen LogP contribution in [0.25, 0.3) is 11.1 Å². The molecule has 0 aliphatic heterocycles. The molecule has 2 amide bonds. The first-order chi connectivity index (χ1) is 16.9. The van der Waals surface area contributed by atoms with Crippen LogP contribution >= 0.6 is 0 Å².